The van der Waals surface area contributed by atoms with Gasteiger partial charge in [-0.25, -0.2) is 4.79 Å². The van der Waals surface area contributed by atoms with Crippen molar-refractivity contribution in [1.29, 1.82) is 0 Å². The van der Waals surface area contributed by atoms with Crippen LogP contribution in [0.2, 0.25) is 10.0 Å². The molecule has 0 saturated heterocycles. The number of hydrogen-bond acceptors (Lipinski definition) is 7. The molecular weight excluding hydrogens is 377 g/mol. The summed E-state index contributed by atoms with van der Waals surface area (Å²) in [5.74, 6) is 0.288. The zero-order valence-corrected chi connectivity index (χ0v) is 15.0. The molecule has 9 heteroatoms. The first-order chi connectivity index (χ1) is 12.6. The van der Waals surface area contributed by atoms with Crippen LogP contribution in [0.3, 0.4) is 0 Å². The maximum atomic E-state index is 11.5. The highest BCUT2D eigenvalue weighted by molar-refractivity contribution is 6.39. The second-order valence-corrected chi connectivity index (χ2v) is 5.90. The molecule has 2 aromatic carbocycles. The Hall–Kier alpha value is -2.90. The standard InChI is InChI=1S/C17H13Cl2N5O2/c1-26-16(25)10-5-7-11(8-6-10)21-14-9-20-24-17(22-14)23-15-12(18)3-2-4-13(15)19/h2-9H,1H3,(H2,21,22,23,24). The summed E-state index contributed by atoms with van der Waals surface area (Å²) in [6.07, 6.45) is 1.47. The molecule has 0 spiro atoms. The lowest BCUT2D eigenvalue weighted by molar-refractivity contribution is 0.0601. The number of benzene rings is 2. The summed E-state index contributed by atoms with van der Waals surface area (Å²) in [4.78, 5) is 15.8. The topological polar surface area (TPSA) is 89.0 Å². The predicted octanol–water partition coefficient (Wildman–Crippen LogP) is 4.45. The van der Waals surface area contributed by atoms with E-state index in [2.05, 4.69) is 30.6 Å². The van der Waals surface area contributed by atoms with Crippen LogP contribution in [0.25, 0.3) is 0 Å². The Morgan fingerprint density at radius 2 is 1.73 bits per heavy atom. The Kier molecular flexibility index (Phi) is 5.50. The number of para-hydroxylation sites is 1. The Bertz CT molecular complexity index is 914. The van der Waals surface area contributed by atoms with Crippen molar-refractivity contribution in [2.75, 3.05) is 17.7 Å². The van der Waals surface area contributed by atoms with Gasteiger partial charge >= 0.3 is 5.97 Å². The minimum Gasteiger partial charge on any atom is -0.465 e. The number of carbonyl (C=O) groups excluding carboxylic acids is 1. The molecule has 0 amide bonds. The molecule has 26 heavy (non-hydrogen) atoms. The van der Waals surface area contributed by atoms with Crippen molar-refractivity contribution in [1.82, 2.24) is 15.2 Å². The van der Waals surface area contributed by atoms with Gasteiger partial charge < -0.3 is 15.4 Å². The fraction of sp³-hybridized carbons (Fsp3) is 0.0588. The highest BCUT2D eigenvalue weighted by atomic mass is 35.5. The molecule has 0 radical (unpaired) electrons. The van der Waals surface area contributed by atoms with Crippen LogP contribution in [-0.4, -0.2) is 28.3 Å². The largest absolute Gasteiger partial charge is 0.465 e. The minimum atomic E-state index is -0.400. The van der Waals surface area contributed by atoms with Crippen LogP contribution < -0.4 is 10.6 Å². The third-order valence-corrected chi connectivity index (χ3v) is 3.97. The quantitative estimate of drug-likeness (QED) is 0.622. The summed E-state index contributed by atoms with van der Waals surface area (Å²) >= 11 is 12.2. The summed E-state index contributed by atoms with van der Waals surface area (Å²) in [6, 6.07) is 11.9. The van der Waals surface area contributed by atoms with Crippen LogP contribution >= 0.6 is 23.2 Å². The van der Waals surface area contributed by atoms with Crippen LogP contribution in [-0.2, 0) is 4.74 Å². The van der Waals surface area contributed by atoms with Crippen molar-refractivity contribution < 1.29 is 9.53 Å². The van der Waals surface area contributed by atoms with Gasteiger partial charge in [-0.1, -0.05) is 29.3 Å². The molecule has 1 aromatic heterocycles. The van der Waals surface area contributed by atoms with Gasteiger partial charge in [0.05, 0.1) is 34.6 Å². The highest BCUT2D eigenvalue weighted by Crippen LogP contribution is 2.31. The van der Waals surface area contributed by atoms with E-state index in [1.54, 1.807) is 42.5 Å². The fourth-order valence-corrected chi connectivity index (χ4v) is 2.59. The average molecular weight is 390 g/mol. The molecule has 0 aliphatic heterocycles. The number of anilines is 4. The van der Waals surface area contributed by atoms with Crippen molar-refractivity contribution in [2.24, 2.45) is 0 Å². The summed E-state index contributed by atoms with van der Waals surface area (Å²) < 4.78 is 4.67. The SMILES string of the molecule is COC(=O)c1ccc(Nc2cnnc(Nc3c(Cl)cccc3Cl)n2)cc1. The molecule has 2 N–H and O–H groups in total. The number of halogens is 2. The van der Waals surface area contributed by atoms with E-state index in [0.29, 0.717) is 27.1 Å². The van der Waals surface area contributed by atoms with Crippen molar-refractivity contribution >= 4 is 52.3 Å². The van der Waals surface area contributed by atoms with Gasteiger partial charge in [-0.05, 0) is 36.4 Å². The number of methoxy groups -OCH3 is 1. The van der Waals surface area contributed by atoms with E-state index in [1.807, 2.05) is 0 Å². The maximum Gasteiger partial charge on any atom is 0.337 e. The zero-order valence-electron chi connectivity index (χ0n) is 13.5. The summed E-state index contributed by atoms with van der Waals surface area (Å²) in [7, 11) is 1.33. The van der Waals surface area contributed by atoms with Crippen LogP contribution in [0.15, 0.2) is 48.7 Å². The molecule has 0 aliphatic carbocycles. The molecule has 0 aliphatic rings. The number of carbonyl (C=O) groups is 1. The predicted molar refractivity (Wildman–Crippen MR) is 101 cm³/mol. The van der Waals surface area contributed by atoms with Crippen LogP contribution in [0.4, 0.5) is 23.1 Å². The van der Waals surface area contributed by atoms with Crippen LogP contribution in [0, 0.1) is 0 Å². The van der Waals surface area contributed by atoms with Crippen molar-refractivity contribution in [3.05, 3.63) is 64.3 Å². The zero-order chi connectivity index (χ0) is 18.5. The first-order valence-corrected chi connectivity index (χ1v) is 8.18. The molecule has 0 unspecified atom stereocenters. The lowest BCUT2D eigenvalue weighted by atomic mass is 10.2. The van der Waals surface area contributed by atoms with Gasteiger partial charge in [0.15, 0.2) is 5.82 Å². The second kappa shape index (κ2) is 7.99. The molecule has 7 nitrogen and oxygen atoms in total. The first kappa shape index (κ1) is 17.9. The number of nitrogens with one attached hydrogen (secondary N) is 2. The molecule has 0 saturated carbocycles. The van der Waals surface area contributed by atoms with E-state index in [1.165, 1.54) is 13.3 Å². The first-order valence-electron chi connectivity index (χ1n) is 7.43. The van der Waals surface area contributed by atoms with E-state index in [4.69, 9.17) is 23.2 Å². The smallest absolute Gasteiger partial charge is 0.337 e. The van der Waals surface area contributed by atoms with Gasteiger partial charge in [-0.3, -0.25) is 0 Å². The average Bonchev–Trinajstić information content (AvgIpc) is 2.65. The van der Waals surface area contributed by atoms with Gasteiger partial charge in [-0.15, -0.1) is 5.10 Å². The van der Waals surface area contributed by atoms with Crippen LogP contribution in [0.1, 0.15) is 10.4 Å². The number of nitrogens with zero attached hydrogens (tertiary/aromatic N) is 3. The normalized spacial score (nSPS) is 10.3. The van der Waals surface area contributed by atoms with E-state index in [9.17, 15) is 4.79 Å². The lowest BCUT2D eigenvalue weighted by Gasteiger charge is -2.10. The molecule has 0 bridgehead atoms. The monoisotopic (exact) mass is 389 g/mol. The second-order valence-electron chi connectivity index (χ2n) is 5.08. The van der Waals surface area contributed by atoms with Crippen LogP contribution in [0.5, 0.6) is 0 Å². The lowest BCUT2D eigenvalue weighted by Crippen LogP contribution is -2.04. The van der Waals surface area contributed by atoms with Gasteiger partial charge in [0.1, 0.15) is 0 Å². The van der Waals surface area contributed by atoms with Crippen molar-refractivity contribution in [3.8, 4) is 0 Å². The molecular formula is C17H13Cl2N5O2. The Labute approximate surface area is 159 Å². The van der Waals surface area contributed by atoms with E-state index in [-0.39, 0.29) is 5.95 Å². The molecule has 0 fully saturated rings. The third kappa shape index (κ3) is 4.19. The van der Waals surface area contributed by atoms with E-state index >= 15 is 0 Å². The maximum absolute atomic E-state index is 11.5. The number of aromatic nitrogens is 3. The van der Waals surface area contributed by atoms with E-state index < -0.39 is 5.97 Å². The van der Waals surface area contributed by atoms with E-state index in [0.717, 1.165) is 5.69 Å². The number of rotatable bonds is 5. The molecule has 3 rings (SSSR count). The van der Waals surface area contributed by atoms with Crippen molar-refractivity contribution in [3.63, 3.8) is 0 Å². The Morgan fingerprint density at radius 1 is 1.04 bits per heavy atom. The molecule has 3 aromatic rings. The van der Waals surface area contributed by atoms with Crippen molar-refractivity contribution in [2.45, 2.75) is 0 Å². The summed E-state index contributed by atoms with van der Waals surface area (Å²) in [6.45, 7) is 0. The molecule has 1 heterocycles. The molecule has 0 atom stereocenters. The van der Waals surface area contributed by atoms with Gasteiger partial charge in [0.25, 0.3) is 0 Å². The fourth-order valence-electron chi connectivity index (χ4n) is 2.10. The summed E-state index contributed by atoms with van der Waals surface area (Å²) in [5.41, 5.74) is 1.67. The third-order valence-electron chi connectivity index (χ3n) is 3.34. The summed E-state index contributed by atoms with van der Waals surface area (Å²) in [5, 5.41) is 14.7. The minimum absolute atomic E-state index is 0.233. The van der Waals surface area contributed by atoms with Gasteiger partial charge in [-0.2, -0.15) is 10.1 Å². The number of esters is 1. The Morgan fingerprint density at radius 3 is 2.38 bits per heavy atom. The number of ether oxygens (including phenoxy) is 1. The van der Waals surface area contributed by atoms with Gasteiger partial charge in [0, 0.05) is 5.69 Å². The molecule has 132 valence electrons. The number of hydrogen-bond donors (Lipinski definition) is 2. The highest BCUT2D eigenvalue weighted by Gasteiger charge is 2.09. The Balaban J connectivity index is 1.76. The van der Waals surface area contributed by atoms with Gasteiger partial charge in [0.2, 0.25) is 5.95 Å².